The molecule has 0 aliphatic rings. The molecule has 3 heteroatoms. The van der Waals surface area contributed by atoms with Gasteiger partial charge in [-0.1, -0.05) is 30.3 Å². The summed E-state index contributed by atoms with van der Waals surface area (Å²) in [4.78, 5) is 11.6. The number of carbonyl (C=O) groups excluding carboxylic acids is 1. The first kappa shape index (κ1) is 12.7. The van der Waals surface area contributed by atoms with Crippen molar-refractivity contribution in [3.63, 3.8) is 0 Å². The number of carbonyl (C=O) groups is 1. The summed E-state index contributed by atoms with van der Waals surface area (Å²) < 4.78 is 0. The molecule has 0 saturated heterocycles. The fourth-order valence-electron chi connectivity index (χ4n) is 1.62. The summed E-state index contributed by atoms with van der Waals surface area (Å²) in [7, 11) is 0. The maximum Gasteiger partial charge on any atom is 0.220 e. The third kappa shape index (κ3) is 4.03. The first-order valence-electron chi connectivity index (χ1n) is 5.58. The average molecular weight is 221 g/mol. The van der Waals surface area contributed by atoms with Crippen LogP contribution in [0.25, 0.3) is 0 Å². The van der Waals surface area contributed by atoms with Crippen LogP contribution in [0.5, 0.6) is 0 Å². The summed E-state index contributed by atoms with van der Waals surface area (Å²) in [6, 6.07) is 9.76. The van der Waals surface area contributed by atoms with Crippen molar-refractivity contribution >= 4 is 5.91 Å². The van der Waals surface area contributed by atoms with Crippen LogP contribution in [0.4, 0.5) is 0 Å². The van der Waals surface area contributed by atoms with Gasteiger partial charge in [0.05, 0.1) is 6.61 Å². The molecular weight excluding hydrogens is 202 g/mol. The van der Waals surface area contributed by atoms with Crippen LogP contribution in [-0.4, -0.2) is 23.7 Å². The minimum Gasteiger partial charge on any atom is -0.396 e. The second kappa shape index (κ2) is 6.28. The van der Waals surface area contributed by atoms with Gasteiger partial charge in [0.2, 0.25) is 5.91 Å². The molecule has 0 spiro atoms. The van der Waals surface area contributed by atoms with Crippen LogP contribution in [0, 0.1) is 0 Å². The van der Waals surface area contributed by atoms with Crippen molar-refractivity contribution in [1.82, 2.24) is 5.32 Å². The van der Waals surface area contributed by atoms with Gasteiger partial charge in [-0.25, -0.2) is 0 Å². The van der Waals surface area contributed by atoms with E-state index < -0.39 is 0 Å². The fourth-order valence-corrected chi connectivity index (χ4v) is 1.62. The van der Waals surface area contributed by atoms with Gasteiger partial charge in [-0.3, -0.25) is 4.79 Å². The maximum absolute atomic E-state index is 11.6. The largest absolute Gasteiger partial charge is 0.396 e. The number of rotatable bonds is 5. The van der Waals surface area contributed by atoms with Gasteiger partial charge in [0.15, 0.2) is 0 Å². The molecular formula is C13H19NO2. The van der Waals surface area contributed by atoms with E-state index >= 15 is 0 Å². The molecule has 2 N–H and O–H groups in total. The minimum atomic E-state index is -0.111. The third-order valence-corrected chi connectivity index (χ3v) is 2.37. The highest BCUT2D eigenvalue weighted by Gasteiger charge is 2.15. The number of benzene rings is 1. The highest BCUT2D eigenvalue weighted by molar-refractivity contribution is 5.77. The number of hydrogen-bond donors (Lipinski definition) is 2. The number of amides is 1. The van der Waals surface area contributed by atoms with E-state index in [4.69, 9.17) is 0 Å². The number of aliphatic hydroxyl groups excluding tert-OH is 1. The van der Waals surface area contributed by atoms with E-state index in [0.717, 1.165) is 5.56 Å². The molecule has 1 aromatic carbocycles. The zero-order valence-corrected chi connectivity index (χ0v) is 9.81. The SMILES string of the molecule is CC(C)NC(=O)C[C@@H](CO)c1ccccc1. The Balaban J connectivity index is 2.59. The van der Waals surface area contributed by atoms with E-state index in [0.29, 0.717) is 6.42 Å². The summed E-state index contributed by atoms with van der Waals surface area (Å²) in [5.74, 6) is -0.127. The highest BCUT2D eigenvalue weighted by atomic mass is 16.3. The van der Waals surface area contributed by atoms with Crippen molar-refractivity contribution in [3.05, 3.63) is 35.9 Å². The Hall–Kier alpha value is -1.35. The molecule has 0 unspecified atom stereocenters. The van der Waals surface area contributed by atoms with Crippen molar-refractivity contribution in [3.8, 4) is 0 Å². The van der Waals surface area contributed by atoms with Crippen LogP contribution in [0.15, 0.2) is 30.3 Å². The Labute approximate surface area is 96.5 Å². The number of aliphatic hydroxyl groups is 1. The van der Waals surface area contributed by atoms with Crippen molar-refractivity contribution in [2.45, 2.75) is 32.2 Å². The van der Waals surface area contributed by atoms with Gasteiger partial charge >= 0.3 is 0 Å². The first-order valence-corrected chi connectivity index (χ1v) is 5.58. The van der Waals surface area contributed by atoms with Crippen molar-refractivity contribution in [2.75, 3.05) is 6.61 Å². The molecule has 0 aliphatic carbocycles. The molecule has 1 amide bonds. The summed E-state index contributed by atoms with van der Waals surface area (Å²) in [5.41, 5.74) is 1.00. The number of hydrogen-bond acceptors (Lipinski definition) is 2. The lowest BCUT2D eigenvalue weighted by Crippen LogP contribution is -2.31. The van der Waals surface area contributed by atoms with E-state index in [9.17, 15) is 9.90 Å². The smallest absolute Gasteiger partial charge is 0.220 e. The lowest BCUT2D eigenvalue weighted by atomic mass is 9.96. The van der Waals surface area contributed by atoms with Crippen LogP contribution in [-0.2, 0) is 4.79 Å². The van der Waals surface area contributed by atoms with E-state index in [2.05, 4.69) is 5.32 Å². The third-order valence-electron chi connectivity index (χ3n) is 2.37. The van der Waals surface area contributed by atoms with E-state index in [1.807, 2.05) is 44.2 Å². The van der Waals surface area contributed by atoms with Crippen molar-refractivity contribution < 1.29 is 9.90 Å². The van der Waals surface area contributed by atoms with Crippen molar-refractivity contribution in [1.29, 1.82) is 0 Å². The van der Waals surface area contributed by atoms with Crippen LogP contribution in [0.2, 0.25) is 0 Å². The molecule has 0 fully saturated rings. The van der Waals surface area contributed by atoms with Crippen LogP contribution in [0.3, 0.4) is 0 Å². The summed E-state index contributed by atoms with van der Waals surface area (Å²) in [6.07, 6.45) is 0.332. The minimum absolute atomic E-state index is 0.00444. The van der Waals surface area contributed by atoms with E-state index in [-0.39, 0.29) is 24.5 Å². The summed E-state index contributed by atoms with van der Waals surface area (Å²) in [5, 5.41) is 12.1. The number of nitrogens with one attached hydrogen (secondary N) is 1. The quantitative estimate of drug-likeness (QED) is 0.794. The second-order valence-electron chi connectivity index (χ2n) is 4.22. The molecule has 16 heavy (non-hydrogen) atoms. The van der Waals surface area contributed by atoms with Crippen LogP contribution < -0.4 is 5.32 Å². The summed E-state index contributed by atoms with van der Waals surface area (Å²) in [6.45, 7) is 3.85. The monoisotopic (exact) mass is 221 g/mol. The normalized spacial score (nSPS) is 12.5. The average Bonchev–Trinajstić information content (AvgIpc) is 2.26. The lowest BCUT2D eigenvalue weighted by Gasteiger charge is -2.15. The first-order chi connectivity index (χ1) is 7.63. The molecule has 0 heterocycles. The molecule has 1 atom stereocenters. The molecule has 0 saturated carbocycles. The predicted octanol–water partition coefficient (Wildman–Crippen LogP) is 1.68. The topological polar surface area (TPSA) is 49.3 Å². The zero-order valence-electron chi connectivity index (χ0n) is 9.81. The van der Waals surface area contributed by atoms with Gasteiger partial charge in [-0.15, -0.1) is 0 Å². The molecule has 3 nitrogen and oxygen atoms in total. The van der Waals surface area contributed by atoms with Gasteiger partial charge in [0.25, 0.3) is 0 Å². The zero-order chi connectivity index (χ0) is 12.0. The van der Waals surface area contributed by atoms with E-state index in [1.165, 1.54) is 0 Å². The van der Waals surface area contributed by atoms with Gasteiger partial charge in [0.1, 0.15) is 0 Å². The van der Waals surface area contributed by atoms with Gasteiger partial charge < -0.3 is 10.4 Å². The Kier molecular flexibility index (Phi) is 4.99. The molecule has 0 aliphatic heterocycles. The Morgan fingerprint density at radius 3 is 2.44 bits per heavy atom. The Morgan fingerprint density at radius 2 is 1.94 bits per heavy atom. The van der Waals surface area contributed by atoms with Crippen LogP contribution >= 0.6 is 0 Å². The maximum atomic E-state index is 11.6. The fraction of sp³-hybridized carbons (Fsp3) is 0.462. The molecule has 1 rings (SSSR count). The molecule has 88 valence electrons. The van der Waals surface area contributed by atoms with Crippen LogP contribution in [0.1, 0.15) is 31.7 Å². The van der Waals surface area contributed by atoms with Crippen molar-refractivity contribution in [2.24, 2.45) is 0 Å². The Bertz CT molecular complexity index is 322. The molecule has 1 aromatic rings. The molecule has 0 radical (unpaired) electrons. The van der Waals surface area contributed by atoms with Gasteiger partial charge in [-0.2, -0.15) is 0 Å². The molecule has 0 aromatic heterocycles. The Morgan fingerprint density at radius 1 is 1.31 bits per heavy atom. The van der Waals surface area contributed by atoms with E-state index in [1.54, 1.807) is 0 Å². The van der Waals surface area contributed by atoms with Gasteiger partial charge in [0, 0.05) is 18.4 Å². The molecule has 0 bridgehead atoms. The standard InChI is InChI=1S/C13H19NO2/c1-10(2)14-13(16)8-12(9-15)11-6-4-3-5-7-11/h3-7,10,12,15H,8-9H2,1-2H3,(H,14,16)/t12-/m0/s1. The van der Waals surface area contributed by atoms with Gasteiger partial charge in [-0.05, 0) is 19.4 Å². The highest BCUT2D eigenvalue weighted by Crippen LogP contribution is 2.18. The summed E-state index contributed by atoms with van der Waals surface area (Å²) >= 11 is 0. The predicted molar refractivity (Wildman–Crippen MR) is 64.2 cm³/mol. The lowest BCUT2D eigenvalue weighted by molar-refractivity contribution is -0.122. The second-order valence-corrected chi connectivity index (χ2v) is 4.22.